The molecule has 2 rings (SSSR count). The number of nitrogen functional groups attached to an aromatic ring is 1. The van der Waals surface area contributed by atoms with E-state index in [4.69, 9.17) is 10.5 Å². The highest BCUT2D eigenvalue weighted by Gasteiger charge is 2.34. The molecule has 1 fully saturated rings. The van der Waals surface area contributed by atoms with Crippen molar-refractivity contribution in [1.29, 1.82) is 0 Å². The van der Waals surface area contributed by atoms with Crippen molar-refractivity contribution in [3.8, 4) is 0 Å². The molecular weight excluding hydrogens is 264 g/mol. The lowest BCUT2D eigenvalue weighted by atomic mass is 9.97. The molecule has 0 radical (unpaired) electrons. The molecular formula is C13H20N2O3S. The molecule has 0 saturated carbocycles. The number of aryl methyl sites for hydroxylation is 1. The van der Waals surface area contributed by atoms with Gasteiger partial charge in [-0.25, -0.2) is 13.1 Å². The van der Waals surface area contributed by atoms with E-state index in [2.05, 4.69) is 4.72 Å². The van der Waals surface area contributed by atoms with Crippen LogP contribution < -0.4 is 10.5 Å². The summed E-state index contributed by atoms with van der Waals surface area (Å²) >= 11 is 0. The van der Waals surface area contributed by atoms with Crippen LogP contribution in [0, 0.1) is 6.92 Å². The molecule has 1 atom stereocenters. The van der Waals surface area contributed by atoms with Crippen LogP contribution in [0.15, 0.2) is 23.1 Å². The number of anilines is 1. The van der Waals surface area contributed by atoms with E-state index in [0.29, 0.717) is 18.8 Å². The maximum Gasteiger partial charge on any atom is 0.243 e. The van der Waals surface area contributed by atoms with Gasteiger partial charge in [-0.1, -0.05) is 12.1 Å². The zero-order valence-electron chi connectivity index (χ0n) is 11.3. The number of benzene rings is 1. The summed E-state index contributed by atoms with van der Waals surface area (Å²) in [5.41, 5.74) is 6.16. The van der Waals surface area contributed by atoms with Gasteiger partial charge in [-0.3, -0.25) is 0 Å². The van der Waals surface area contributed by atoms with Crippen LogP contribution >= 0.6 is 0 Å². The lowest BCUT2D eigenvalue weighted by Gasteiger charge is -2.34. The third-order valence-corrected chi connectivity index (χ3v) is 5.19. The van der Waals surface area contributed by atoms with E-state index in [1.54, 1.807) is 25.1 Å². The molecule has 6 heteroatoms. The molecule has 5 nitrogen and oxygen atoms in total. The second-order valence-electron chi connectivity index (χ2n) is 5.32. The fourth-order valence-corrected chi connectivity index (χ4v) is 4.21. The number of sulfonamides is 1. The first-order valence-electron chi connectivity index (χ1n) is 6.31. The highest BCUT2D eigenvalue weighted by atomic mass is 32.2. The molecule has 1 aliphatic rings. The van der Waals surface area contributed by atoms with Crippen LogP contribution in [0.25, 0.3) is 0 Å². The number of nitrogens with two attached hydrogens (primary N) is 1. The topological polar surface area (TPSA) is 81.4 Å². The van der Waals surface area contributed by atoms with Crippen molar-refractivity contribution < 1.29 is 13.2 Å². The highest BCUT2D eigenvalue weighted by Crippen LogP contribution is 2.26. The van der Waals surface area contributed by atoms with Crippen LogP contribution in [0.5, 0.6) is 0 Å². The molecule has 3 N–H and O–H groups in total. The van der Waals surface area contributed by atoms with E-state index in [-0.39, 0.29) is 10.6 Å². The maximum absolute atomic E-state index is 12.5. The second-order valence-corrected chi connectivity index (χ2v) is 6.93. The Morgan fingerprint density at radius 1 is 1.42 bits per heavy atom. The zero-order valence-corrected chi connectivity index (χ0v) is 12.1. The van der Waals surface area contributed by atoms with Crippen LogP contribution in [0.4, 0.5) is 5.69 Å². The average molecular weight is 284 g/mol. The van der Waals surface area contributed by atoms with Gasteiger partial charge in [-0.2, -0.15) is 0 Å². The molecule has 0 bridgehead atoms. The normalized spacial score (nSPS) is 24.3. The smallest absolute Gasteiger partial charge is 0.243 e. The minimum Gasteiger partial charge on any atom is -0.398 e. The highest BCUT2D eigenvalue weighted by molar-refractivity contribution is 7.89. The molecule has 1 aromatic rings. The van der Waals surface area contributed by atoms with E-state index in [1.165, 1.54) is 0 Å². The van der Waals surface area contributed by atoms with Gasteiger partial charge in [0.15, 0.2) is 0 Å². The summed E-state index contributed by atoms with van der Waals surface area (Å²) in [6.45, 7) is 4.67. The Morgan fingerprint density at radius 2 is 2.16 bits per heavy atom. The van der Waals surface area contributed by atoms with Crippen molar-refractivity contribution in [2.75, 3.05) is 18.9 Å². The third kappa shape index (κ3) is 3.08. The monoisotopic (exact) mass is 284 g/mol. The van der Waals surface area contributed by atoms with Gasteiger partial charge in [-0.15, -0.1) is 0 Å². The molecule has 1 aromatic carbocycles. The van der Waals surface area contributed by atoms with Gasteiger partial charge in [0.05, 0.1) is 17.8 Å². The summed E-state index contributed by atoms with van der Waals surface area (Å²) in [5.74, 6) is 0. The lowest BCUT2D eigenvalue weighted by molar-refractivity contribution is 0.0386. The largest absolute Gasteiger partial charge is 0.398 e. The van der Waals surface area contributed by atoms with Crippen LogP contribution in [0.2, 0.25) is 0 Å². The third-order valence-electron chi connectivity index (χ3n) is 3.33. The minimum atomic E-state index is -3.63. The first-order valence-corrected chi connectivity index (χ1v) is 7.79. The van der Waals surface area contributed by atoms with Crippen LogP contribution in [-0.2, 0) is 14.8 Å². The first kappa shape index (κ1) is 14.3. The summed E-state index contributed by atoms with van der Waals surface area (Å²) in [4.78, 5) is 0.168. The zero-order chi connectivity index (χ0) is 14.1. The SMILES string of the molecule is Cc1cccc(N)c1S(=O)(=O)NC1(C)CCCOC1. The number of nitrogens with one attached hydrogen (secondary N) is 1. The van der Waals surface area contributed by atoms with Gasteiger partial charge in [-0.05, 0) is 38.3 Å². The van der Waals surface area contributed by atoms with Crippen LogP contribution in [0.3, 0.4) is 0 Å². The predicted molar refractivity (Wildman–Crippen MR) is 74.4 cm³/mol. The molecule has 0 spiro atoms. The van der Waals surface area contributed by atoms with E-state index in [0.717, 1.165) is 12.8 Å². The van der Waals surface area contributed by atoms with Gasteiger partial charge < -0.3 is 10.5 Å². The molecule has 0 aromatic heterocycles. The van der Waals surface area contributed by atoms with Crippen molar-refractivity contribution in [2.45, 2.75) is 37.1 Å². The number of hydrogen-bond acceptors (Lipinski definition) is 4. The Morgan fingerprint density at radius 3 is 2.74 bits per heavy atom. The van der Waals surface area contributed by atoms with Gasteiger partial charge in [0.1, 0.15) is 4.90 Å². The Bertz CT molecular complexity index is 543. The molecule has 1 saturated heterocycles. The molecule has 1 heterocycles. The standard InChI is InChI=1S/C13H20N2O3S/c1-10-5-3-6-11(14)12(10)19(16,17)15-13(2)7-4-8-18-9-13/h3,5-6,15H,4,7-9,14H2,1-2H3. The number of rotatable bonds is 3. The number of ether oxygens (including phenoxy) is 1. The molecule has 106 valence electrons. The summed E-state index contributed by atoms with van der Waals surface area (Å²) in [6, 6.07) is 5.08. The van der Waals surface area contributed by atoms with Crippen LogP contribution in [-0.4, -0.2) is 27.2 Å². The molecule has 1 aliphatic heterocycles. The Balaban J connectivity index is 2.33. The van der Waals surface area contributed by atoms with Gasteiger partial charge >= 0.3 is 0 Å². The number of hydrogen-bond donors (Lipinski definition) is 2. The molecule has 0 amide bonds. The fraction of sp³-hybridized carbons (Fsp3) is 0.538. The Labute approximate surface area is 114 Å². The van der Waals surface area contributed by atoms with Crippen molar-refractivity contribution in [3.63, 3.8) is 0 Å². The summed E-state index contributed by atoms with van der Waals surface area (Å²) in [7, 11) is -3.63. The van der Waals surface area contributed by atoms with Gasteiger partial charge in [0.25, 0.3) is 0 Å². The summed E-state index contributed by atoms with van der Waals surface area (Å²) < 4.78 is 33.1. The lowest BCUT2D eigenvalue weighted by Crippen LogP contribution is -2.51. The van der Waals surface area contributed by atoms with Crippen molar-refractivity contribution >= 4 is 15.7 Å². The van der Waals surface area contributed by atoms with E-state index in [1.807, 2.05) is 6.92 Å². The fourth-order valence-electron chi connectivity index (χ4n) is 2.43. The minimum absolute atomic E-state index is 0.168. The molecule has 1 unspecified atom stereocenters. The predicted octanol–water partition coefficient (Wildman–Crippen LogP) is 1.42. The quantitative estimate of drug-likeness (QED) is 0.823. The second kappa shape index (κ2) is 5.11. The van der Waals surface area contributed by atoms with Crippen molar-refractivity contribution in [3.05, 3.63) is 23.8 Å². The van der Waals surface area contributed by atoms with Crippen molar-refractivity contribution in [2.24, 2.45) is 0 Å². The van der Waals surface area contributed by atoms with E-state index in [9.17, 15) is 8.42 Å². The van der Waals surface area contributed by atoms with Crippen molar-refractivity contribution in [1.82, 2.24) is 4.72 Å². The van der Waals surface area contributed by atoms with E-state index >= 15 is 0 Å². The average Bonchev–Trinajstić information content (AvgIpc) is 2.27. The van der Waals surface area contributed by atoms with E-state index < -0.39 is 15.6 Å². The summed E-state index contributed by atoms with van der Waals surface area (Å²) in [6.07, 6.45) is 1.61. The summed E-state index contributed by atoms with van der Waals surface area (Å²) in [5, 5.41) is 0. The first-order chi connectivity index (χ1) is 8.84. The maximum atomic E-state index is 12.5. The Kier molecular flexibility index (Phi) is 3.85. The Hall–Kier alpha value is -1.11. The molecule has 19 heavy (non-hydrogen) atoms. The molecule has 0 aliphatic carbocycles. The van der Waals surface area contributed by atoms with Gasteiger partial charge in [0, 0.05) is 6.61 Å². The van der Waals surface area contributed by atoms with Gasteiger partial charge in [0.2, 0.25) is 10.0 Å². The van der Waals surface area contributed by atoms with Crippen LogP contribution in [0.1, 0.15) is 25.3 Å².